The number of aliphatic hydroxyl groups excluding tert-OH is 3. The molecule has 0 aromatic rings. The lowest BCUT2D eigenvalue weighted by atomic mass is 9.94. The molecule has 8 heteroatoms. The van der Waals surface area contributed by atoms with Crippen LogP contribution in [0.2, 0.25) is 0 Å². The second-order valence-corrected chi connectivity index (χ2v) is 3.64. The zero-order chi connectivity index (χ0) is 12.5. The monoisotopic (exact) mass is 240 g/mol. The average Bonchev–Trinajstić information content (AvgIpc) is 2.22. The first kappa shape index (κ1) is 13.3. The van der Waals surface area contributed by atoms with Crippen molar-refractivity contribution in [2.45, 2.75) is 36.7 Å². The van der Waals surface area contributed by atoms with Crippen LogP contribution in [0, 0.1) is 0 Å². The molecule has 0 radical (unpaired) electrons. The Morgan fingerprint density at radius 1 is 1.62 bits per heavy atom. The van der Waals surface area contributed by atoms with E-state index in [0.29, 0.717) is 0 Å². The molecule has 1 heterocycles. The summed E-state index contributed by atoms with van der Waals surface area (Å²) in [6, 6.07) is 0. The quantitative estimate of drug-likeness (QED) is 0.372. The molecule has 1 aliphatic heterocycles. The van der Waals surface area contributed by atoms with Gasteiger partial charge in [-0.15, -0.1) is 0 Å². The smallest absolute Gasteiger partial charge is 0.364 e. The van der Waals surface area contributed by atoms with E-state index in [0.717, 1.165) is 0 Å². The molecule has 5 atom stereocenters. The van der Waals surface area contributed by atoms with E-state index in [1.54, 1.807) is 0 Å². The maximum atomic E-state index is 13.3. The number of hydrogen-bond acceptors (Lipinski definition) is 6. The van der Waals surface area contributed by atoms with Crippen molar-refractivity contribution in [2.24, 2.45) is 0 Å². The third kappa shape index (κ3) is 2.30. The molecule has 0 bridgehead atoms. The highest BCUT2D eigenvalue weighted by atomic mass is 19.1. The van der Waals surface area contributed by atoms with Crippen LogP contribution in [-0.4, -0.2) is 68.4 Å². The third-order valence-corrected chi connectivity index (χ3v) is 2.40. The average molecular weight is 240 g/mol. The molecule has 3 unspecified atom stereocenters. The normalized spacial score (nSPS) is 41.7. The minimum Gasteiger partial charge on any atom is -0.477 e. The lowest BCUT2D eigenvalue weighted by Crippen LogP contribution is -2.60. The molecule has 7 nitrogen and oxygen atoms in total. The summed E-state index contributed by atoms with van der Waals surface area (Å²) in [4.78, 5) is 10.6. The molecule has 0 aliphatic carbocycles. The number of alkyl halides is 1. The Kier molecular flexibility index (Phi) is 3.81. The van der Waals surface area contributed by atoms with Crippen LogP contribution >= 0.6 is 0 Å². The van der Waals surface area contributed by atoms with Crippen LogP contribution < -0.4 is 0 Å². The van der Waals surface area contributed by atoms with E-state index in [9.17, 15) is 19.4 Å². The fourth-order valence-corrected chi connectivity index (χ4v) is 1.49. The molecule has 1 rings (SSSR count). The molecule has 0 amide bonds. The number of halogens is 1. The van der Waals surface area contributed by atoms with E-state index in [-0.39, 0.29) is 0 Å². The van der Waals surface area contributed by atoms with Crippen molar-refractivity contribution >= 4 is 5.97 Å². The molecule has 0 aromatic heterocycles. The van der Waals surface area contributed by atoms with Crippen LogP contribution in [0.5, 0.6) is 0 Å². The summed E-state index contributed by atoms with van der Waals surface area (Å²) in [5, 5.41) is 45.0. The van der Waals surface area contributed by atoms with Gasteiger partial charge in [-0.25, -0.2) is 9.18 Å². The summed E-state index contributed by atoms with van der Waals surface area (Å²) < 4.78 is 17.8. The van der Waals surface area contributed by atoms with Gasteiger partial charge in [-0.1, -0.05) is 0 Å². The molecule has 1 aliphatic rings. The van der Waals surface area contributed by atoms with Gasteiger partial charge in [0, 0.05) is 6.42 Å². The summed E-state index contributed by atoms with van der Waals surface area (Å²) in [6.45, 7) is -0.881. The van der Waals surface area contributed by atoms with Crippen molar-refractivity contribution in [1.29, 1.82) is 0 Å². The van der Waals surface area contributed by atoms with E-state index in [4.69, 9.17) is 15.3 Å². The highest BCUT2D eigenvalue weighted by Crippen LogP contribution is 2.31. The molecule has 5 N–H and O–H groups in total. The zero-order valence-corrected chi connectivity index (χ0v) is 8.15. The van der Waals surface area contributed by atoms with Crippen molar-refractivity contribution in [3.63, 3.8) is 0 Å². The predicted molar refractivity (Wildman–Crippen MR) is 46.1 cm³/mol. The molecule has 1 fully saturated rings. The summed E-state index contributed by atoms with van der Waals surface area (Å²) in [6.07, 6.45) is -8.24. The predicted octanol–water partition coefficient (Wildman–Crippen LogP) is -2.40. The van der Waals surface area contributed by atoms with Gasteiger partial charge in [-0.3, -0.25) is 0 Å². The summed E-state index contributed by atoms with van der Waals surface area (Å²) in [5.41, 5.74) is 0. The number of carboxylic acid groups (broad SMARTS) is 1. The molecule has 0 saturated carbocycles. The topological polar surface area (TPSA) is 127 Å². The van der Waals surface area contributed by atoms with Gasteiger partial charge in [0.2, 0.25) is 0 Å². The van der Waals surface area contributed by atoms with Crippen molar-refractivity contribution in [2.75, 3.05) is 6.61 Å². The third-order valence-electron chi connectivity index (χ3n) is 2.40. The maximum absolute atomic E-state index is 13.3. The fourth-order valence-electron chi connectivity index (χ4n) is 1.49. The number of ether oxygens (including phenoxy) is 1. The van der Waals surface area contributed by atoms with E-state index >= 15 is 0 Å². The highest BCUT2D eigenvalue weighted by Gasteiger charge is 2.52. The lowest BCUT2D eigenvalue weighted by molar-refractivity contribution is -0.300. The Hall–Kier alpha value is -0.800. The van der Waals surface area contributed by atoms with Crippen molar-refractivity contribution < 1.29 is 39.5 Å². The highest BCUT2D eigenvalue weighted by molar-refractivity contribution is 5.75. The first-order valence-electron chi connectivity index (χ1n) is 4.56. The minimum absolute atomic E-state index is 0.849. The van der Waals surface area contributed by atoms with Crippen LogP contribution in [0.3, 0.4) is 0 Å². The van der Waals surface area contributed by atoms with Gasteiger partial charge in [0.25, 0.3) is 5.79 Å². The summed E-state index contributed by atoms with van der Waals surface area (Å²) >= 11 is 0. The Morgan fingerprint density at radius 3 is 2.62 bits per heavy atom. The van der Waals surface area contributed by atoms with E-state index < -0.39 is 49.3 Å². The van der Waals surface area contributed by atoms with Crippen LogP contribution in [0.25, 0.3) is 0 Å². The number of carbonyl (C=O) groups is 1. The Labute approximate surface area is 89.7 Å². The van der Waals surface area contributed by atoms with Gasteiger partial charge in [0.15, 0.2) is 6.17 Å². The second kappa shape index (κ2) is 4.60. The zero-order valence-electron chi connectivity index (χ0n) is 8.15. The SMILES string of the molecule is O=C(O)[C@@]1(O)CC(O)[C@@H](F)C(C(O)CO)O1. The summed E-state index contributed by atoms with van der Waals surface area (Å²) in [5.74, 6) is -4.56. The van der Waals surface area contributed by atoms with Gasteiger partial charge in [0.1, 0.15) is 12.2 Å². The number of aliphatic carboxylic acids is 1. The number of hydrogen-bond donors (Lipinski definition) is 5. The van der Waals surface area contributed by atoms with Gasteiger partial charge < -0.3 is 30.3 Å². The van der Waals surface area contributed by atoms with E-state index in [1.165, 1.54) is 0 Å². The van der Waals surface area contributed by atoms with Gasteiger partial charge in [0.05, 0.1) is 12.7 Å². The van der Waals surface area contributed by atoms with E-state index in [2.05, 4.69) is 4.74 Å². The van der Waals surface area contributed by atoms with Crippen molar-refractivity contribution in [3.8, 4) is 0 Å². The lowest BCUT2D eigenvalue weighted by Gasteiger charge is -2.40. The Morgan fingerprint density at radius 2 is 2.19 bits per heavy atom. The molecule has 94 valence electrons. The first-order chi connectivity index (χ1) is 7.31. The summed E-state index contributed by atoms with van der Waals surface area (Å²) in [7, 11) is 0. The largest absolute Gasteiger partial charge is 0.477 e. The standard InChI is InChI=1S/C8H13FO7/c9-5-3(11)1-8(15,7(13)14)16-6(5)4(12)2-10/h3-6,10-12,15H,1-2H2,(H,13,14)/t3?,4?,5-,6?,8-/m1/s1. The number of aliphatic hydroxyl groups is 4. The first-order valence-corrected chi connectivity index (χ1v) is 4.56. The number of rotatable bonds is 3. The number of carboxylic acids is 1. The van der Waals surface area contributed by atoms with Gasteiger partial charge >= 0.3 is 5.97 Å². The minimum atomic E-state index is -2.76. The maximum Gasteiger partial charge on any atom is 0.364 e. The van der Waals surface area contributed by atoms with Crippen molar-refractivity contribution in [3.05, 3.63) is 0 Å². The van der Waals surface area contributed by atoms with Crippen LogP contribution in [0.15, 0.2) is 0 Å². The van der Waals surface area contributed by atoms with Crippen LogP contribution in [0.1, 0.15) is 6.42 Å². The van der Waals surface area contributed by atoms with Crippen molar-refractivity contribution in [1.82, 2.24) is 0 Å². The van der Waals surface area contributed by atoms with Gasteiger partial charge in [-0.05, 0) is 0 Å². The van der Waals surface area contributed by atoms with Crippen LogP contribution in [0.4, 0.5) is 4.39 Å². The Bertz CT molecular complexity index is 273. The molecule has 0 spiro atoms. The van der Waals surface area contributed by atoms with Gasteiger partial charge in [-0.2, -0.15) is 0 Å². The van der Waals surface area contributed by atoms with E-state index in [1.807, 2.05) is 0 Å². The second-order valence-electron chi connectivity index (χ2n) is 3.64. The fraction of sp³-hybridized carbons (Fsp3) is 0.875. The molecular weight excluding hydrogens is 227 g/mol. The van der Waals surface area contributed by atoms with Crippen LogP contribution in [-0.2, 0) is 9.53 Å². The molecule has 16 heavy (non-hydrogen) atoms. The Balaban J connectivity index is 2.89. The molecule has 0 aromatic carbocycles. The molecular formula is C8H13FO7. The molecule has 1 saturated heterocycles.